The molecule has 0 saturated heterocycles. The van der Waals surface area contributed by atoms with Gasteiger partial charge in [-0.05, 0) is 40.5 Å². The third kappa shape index (κ3) is 4.65. The zero-order chi connectivity index (χ0) is 14.5. The van der Waals surface area contributed by atoms with E-state index >= 15 is 0 Å². The Balaban J connectivity index is 2.63. The molecule has 1 aliphatic heterocycles. The van der Waals surface area contributed by atoms with E-state index in [0.717, 1.165) is 19.3 Å². The molecule has 1 rings (SSSR count). The minimum atomic E-state index is -0.563. The van der Waals surface area contributed by atoms with E-state index < -0.39 is 17.4 Å². The number of carbonyl (C=O) groups excluding carboxylic acids is 1. The number of hydrogen-bond donors (Lipinski definition) is 1. The molecule has 1 aliphatic rings. The summed E-state index contributed by atoms with van der Waals surface area (Å²) in [7, 11) is 0. The fourth-order valence-corrected chi connectivity index (χ4v) is 1.96. The van der Waals surface area contributed by atoms with Crippen molar-refractivity contribution in [2.45, 2.75) is 71.2 Å². The molecule has 1 unspecified atom stereocenters. The Morgan fingerprint density at radius 2 is 1.95 bits per heavy atom. The van der Waals surface area contributed by atoms with Crippen molar-refractivity contribution in [3.8, 4) is 0 Å². The van der Waals surface area contributed by atoms with E-state index in [-0.39, 0.29) is 6.04 Å². The summed E-state index contributed by atoms with van der Waals surface area (Å²) in [5.41, 5.74) is -1.06. The number of nitrogens with zero attached hydrogens (tertiary/aromatic N) is 2. The number of hydrogen-bond acceptors (Lipinski definition) is 4. The maximum atomic E-state index is 11.8. The Labute approximate surface area is 115 Å². The number of nitrogens with one attached hydrogen (secondary N) is 1. The van der Waals surface area contributed by atoms with Crippen LogP contribution in [0, 0.1) is 0 Å². The fourth-order valence-electron chi connectivity index (χ4n) is 1.96. The Morgan fingerprint density at radius 3 is 2.42 bits per heavy atom. The van der Waals surface area contributed by atoms with Crippen molar-refractivity contribution in [2.75, 3.05) is 0 Å². The van der Waals surface area contributed by atoms with Crippen molar-refractivity contribution >= 4 is 18.5 Å². The zero-order valence-corrected chi connectivity index (χ0v) is 12.6. The van der Waals surface area contributed by atoms with E-state index in [1.54, 1.807) is 12.4 Å². The van der Waals surface area contributed by atoms with Crippen LogP contribution < -0.4 is 5.32 Å². The van der Waals surface area contributed by atoms with Crippen molar-refractivity contribution < 1.29 is 9.53 Å². The quantitative estimate of drug-likeness (QED) is 0.832. The van der Waals surface area contributed by atoms with Crippen molar-refractivity contribution in [1.29, 1.82) is 0 Å². The second-order valence-electron chi connectivity index (χ2n) is 5.91. The first-order chi connectivity index (χ1) is 8.79. The van der Waals surface area contributed by atoms with Crippen LogP contribution in [0.4, 0.5) is 4.79 Å². The SMILES string of the molecule is CCCCC1(C(C)NC(=O)OC(C)(C)C)N=CC=N1. The van der Waals surface area contributed by atoms with Gasteiger partial charge in [-0.3, -0.25) is 9.98 Å². The van der Waals surface area contributed by atoms with Gasteiger partial charge in [0.25, 0.3) is 0 Å². The highest BCUT2D eigenvalue weighted by Gasteiger charge is 2.37. The average Bonchev–Trinajstić information content (AvgIpc) is 2.73. The fraction of sp³-hybridized carbons (Fsp3) is 0.786. The summed E-state index contributed by atoms with van der Waals surface area (Å²) in [5.74, 6) is 0. The molecule has 0 aromatic rings. The molecular formula is C14H25N3O2. The Hall–Kier alpha value is -1.39. The normalized spacial score (nSPS) is 18.4. The number of carbonyl (C=O) groups is 1. The van der Waals surface area contributed by atoms with E-state index in [4.69, 9.17) is 4.74 Å². The van der Waals surface area contributed by atoms with Crippen molar-refractivity contribution in [3.63, 3.8) is 0 Å². The number of unbranched alkanes of at least 4 members (excludes halogenated alkanes) is 1. The summed E-state index contributed by atoms with van der Waals surface area (Å²) in [5, 5.41) is 2.84. The van der Waals surface area contributed by atoms with Crippen LogP contribution in [0.5, 0.6) is 0 Å². The van der Waals surface area contributed by atoms with Crippen LogP contribution in [0.15, 0.2) is 9.98 Å². The van der Waals surface area contributed by atoms with Crippen LogP contribution in [-0.4, -0.2) is 35.8 Å². The molecule has 0 aromatic heterocycles. The monoisotopic (exact) mass is 267 g/mol. The molecule has 0 aromatic carbocycles. The van der Waals surface area contributed by atoms with Gasteiger partial charge in [-0.1, -0.05) is 13.3 Å². The summed E-state index contributed by atoms with van der Waals surface area (Å²) < 4.78 is 5.26. The molecule has 1 heterocycles. The Bertz CT molecular complexity index is 357. The Morgan fingerprint density at radius 1 is 1.37 bits per heavy atom. The van der Waals surface area contributed by atoms with Gasteiger partial charge in [-0.2, -0.15) is 0 Å². The standard InChI is InChI=1S/C14H25N3O2/c1-6-7-8-14(15-9-10-16-14)11(2)17-12(18)19-13(3,4)5/h9-11H,6-8H2,1-5H3,(H,17,18). The molecule has 0 spiro atoms. The Kier molecular flexibility index (Phi) is 5.09. The van der Waals surface area contributed by atoms with Crippen LogP contribution >= 0.6 is 0 Å². The number of ether oxygens (including phenoxy) is 1. The van der Waals surface area contributed by atoms with Gasteiger partial charge in [0.2, 0.25) is 0 Å². The maximum absolute atomic E-state index is 11.8. The van der Waals surface area contributed by atoms with Gasteiger partial charge in [-0.25, -0.2) is 4.79 Å². The van der Waals surface area contributed by atoms with Crippen molar-refractivity contribution in [1.82, 2.24) is 5.32 Å². The zero-order valence-electron chi connectivity index (χ0n) is 12.6. The molecule has 0 saturated carbocycles. The maximum Gasteiger partial charge on any atom is 0.408 e. The van der Waals surface area contributed by atoms with E-state index in [1.165, 1.54) is 0 Å². The largest absolute Gasteiger partial charge is 0.444 e. The highest BCUT2D eigenvalue weighted by Crippen LogP contribution is 2.27. The smallest absolute Gasteiger partial charge is 0.408 e. The molecule has 5 heteroatoms. The molecule has 5 nitrogen and oxygen atoms in total. The van der Waals surface area contributed by atoms with Crippen LogP contribution in [0.25, 0.3) is 0 Å². The number of amides is 1. The average molecular weight is 267 g/mol. The van der Waals surface area contributed by atoms with Gasteiger partial charge in [0.15, 0.2) is 5.66 Å². The topological polar surface area (TPSA) is 63.0 Å². The predicted molar refractivity (Wildman–Crippen MR) is 78.1 cm³/mol. The molecule has 0 fully saturated rings. The molecule has 1 atom stereocenters. The first kappa shape index (κ1) is 15.7. The van der Waals surface area contributed by atoms with Gasteiger partial charge in [0, 0.05) is 12.4 Å². The molecular weight excluding hydrogens is 242 g/mol. The lowest BCUT2D eigenvalue weighted by molar-refractivity contribution is 0.0483. The summed E-state index contributed by atoms with van der Waals surface area (Å²) in [4.78, 5) is 20.7. The second kappa shape index (κ2) is 6.17. The molecule has 1 N–H and O–H groups in total. The highest BCUT2D eigenvalue weighted by atomic mass is 16.6. The lowest BCUT2D eigenvalue weighted by Crippen LogP contribution is -2.49. The predicted octanol–water partition coefficient (Wildman–Crippen LogP) is 2.94. The summed E-state index contributed by atoms with van der Waals surface area (Å²) in [6.45, 7) is 9.57. The minimum absolute atomic E-state index is 0.191. The molecule has 0 radical (unpaired) electrons. The van der Waals surface area contributed by atoms with Crippen molar-refractivity contribution in [3.05, 3.63) is 0 Å². The third-order valence-electron chi connectivity index (χ3n) is 2.99. The number of alkyl carbamates (subject to hydrolysis) is 1. The first-order valence-electron chi connectivity index (χ1n) is 6.87. The van der Waals surface area contributed by atoms with E-state index in [0.29, 0.717) is 0 Å². The lowest BCUT2D eigenvalue weighted by atomic mass is 9.96. The van der Waals surface area contributed by atoms with Gasteiger partial charge >= 0.3 is 6.09 Å². The minimum Gasteiger partial charge on any atom is -0.444 e. The van der Waals surface area contributed by atoms with Crippen LogP contribution in [-0.2, 0) is 4.74 Å². The summed E-state index contributed by atoms with van der Waals surface area (Å²) in [6.07, 6.45) is 5.90. The second-order valence-corrected chi connectivity index (χ2v) is 5.91. The summed E-state index contributed by atoms with van der Waals surface area (Å²) in [6, 6.07) is -0.191. The highest BCUT2D eigenvalue weighted by molar-refractivity contribution is 6.17. The molecule has 108 valence electrons. The van der Waals surface area contributed by atoms with Gasteiger partial charge in [-0.15, -0.1) is 0 Å². The van der Waals surface area contributed by atoms with E-state index in [1.807, 2.05) is 27.7 Å². The molecule has 0 aliphatic carbocycles. The molecule has 0 bridgehead atoms. The lowest BCUT2D eigenvalue weighted by Gasteiger charge is -2.31. The van der Waals surface area contributed by atoms with Gasteiger partial charge in [0.1, 0.15) is 5.60 Å². The van der Waals surface area contributed by atoms with Crippen LogP contribution in [0.3, 0.4) is 0 Å². The van der Waals surface area contributed by atoms with E-state index in [2.05, 4.69) is 22.2 Å². The van der Waals surface area contributed by atoms with Gasteiger partial charge in [0.05, 0.1) is 6.04 Å². The first-order valence-corrected chi connectivity index (χ1v) is 6.87. The third-order valence-corrected chi connectivity index (χ3v) is 2.99. The van der Waals surface area contributed by atoms with Crippen molar-refractivity contribution in [2.24, 2.45) is 9.98 Å². The van der Waals surface area contributed by atoms with Gasteiger partial charge < -0.3 is 10.1 Å². The van der Waals surface area contributed by atoms with E-state index in [9.17, 15) is 4.79 Å². The van der Waals surface area contributed by atoms with Crippen LogP contribution in [0.1, 0.15) is 53.9 Å². The molecule has 19 heavy (non-hydrogen) atoms. The number of rotatable bonds is 5. The summed E-state index contributed by atoms with van der Waals surface area (Å²) >= 11 is 0. The molecule has 1 amide bonds. The number of aliphatic imine (C=N–C) groups is 2. The van der Waals surface area contributed by atoms with Crippen LogP contribution in [0.2, 0.25) is 0 Å².